The van der Waals surface area contributed by atoms with Crippen LogP contribution in [0.15, 0.2) is 22.7 Å². The van der Waals surface area contributed by atoms with Crippen LogP contribution in [0.4, 0.5) is 10.5 Å². The van der Waals surface area contributed by atoms with Crippen LogP contribution in [0.1, 0.15) is 53.5 Å². The number of carbonyl (C=O) groups excluding carboxylic acids is 2. The van der Waals surface area contributed by atoms with Gasteiger partial charge in [0.25, 0.3) is 5.91 Å². The van der Waals surface area contributed by atoms with Crippen LogP contribution in [-0.4, -0.2) is 42.5 Å². The Morgan fingerprint density at radius 3 is 2.43 bits per heavy atom. The molecule has 2 amide bonds. The van der Waals surface area contributed by atoms with Crippen LogP contribution in [0.25, 0.3) is 0 Å². The van der Waals surface area contributed by atoms with Gasteiger partial charge in [-0.25, -0.2) is 9.00 Å². The fraction of sp³-hybridized carbons (Fsp3) is 0.579. The molecule has 28 heavy (non-hydrogen) atoms. The lowest BCUT2D eigenvalue weighted by atomic mass is 9.91. The number of carbonyl (C=O) groups is 2. The molecule has 0 aliphatic carbocycles. The van der Waals surface area contributed by atoms with Crippen LogP contribution in [0, 0.1) is 0 Å². The van der Waals surface area contributed by atoms with Crippen molar-refractivity contribution in [3.05, 3.63) is 28.2 Å². The molecule has 0 saturated carbocycles. The maximum Gasteiger partial charge on any atom is 0.412 e. The molecule has 1 heterocycles. The van der Waals surface area contributed by atoms with Crippen molar-refractivity contribution < 1.29 is 23.6 Å². The lowest BCUT2D eigenvalue weighted by molar-refractivity contribution is -0.140. The van der Waals surface area contributed by atoms with Crippen LogP contribution in [0.2, 0.25) is 0 Å². The van der Waals surface area contributed by atoms with Gasteiger partial charge in [0.15, 0.2) is 5.60 Å². The van der Waals surface area contributed by atoms with E-state index < -0.39 is 38.9 Å². The van der Waals surface area contributed by atoms with E-state index in [1.54, 1.807) is 59.7 Å². The maximum atomic E-state index is 13.0. The monoisotopic (exact) mass is 474 g/mol. The molecule has 2 rings (SSSR count). The maximum absolute atomic E-state index is 13.0. The quantitative estimate of drug-likeness (QED) is 0.696. The molecule has 0 radical (unpaired) electrons. The van der Waals surface area contributed by atoms with Crippen LogP contribution in [0.3, 0.4) is 0 Å². The largest absolute Gasteiger partial charge is 0.444 e. The van der Waals surface area contributed by atoms with Gasteiger partial charge >= 0.3 is 6.09 Å². The van der Waals surface area contributed by atoms with Gasteiger partial charge in [0.05, 0.1) is 10.4 Å². The lowest BCUT2D eigenvalue weighted by Gasteiger charge is -2.28. The van der Waals surface area contributed by atoms with Gasteiger partial charge in [-0.1, -0.05) is 22.0 Å². The molecule has 0 spiro atoms. The molecule has 156 valence electrons. The van der Waals surface area contributed by atoms with E-state index in [0.29, 0.717) is 4.47 Å². The number of aliphatic hydroxyl groups is 1. The Hall–Kier alpha value is -1.45. The number of halogens is 1. The molecule has 0 aromatic heterocycles. The molecular weight excluding hydrogens is 448 g/mol. The van der Waals surface area contributed by atoms with E-state index in [2.05, 4.69) is 21.2 Å². The highest BCUT2D eigenvalue weighted by molar-refractivity contribution is 9.10. The highest BCUT2D eigenvalue weighted by Crippen LogP contribution is 2.40. The molecule has 1 saturated heterocycles. The van der Waals surface area contributed by atoms with E-state index in [1.165, 1.54) is 4.31 Å². The third-order valence-electron chi connectivity index (χ3n) is 4.04. The van der Waals surface area contributed by atoms with Gasteiger partial charge in [0, 0.05) is 23.0 Å². The van der Waals surface area contributed by atoms with Crippen LogP contribution >= 0.6 is 15.9 Å². The van der Waals surface area contributed by atoms with Crippen molar-refractivity contribution in [1.82, 2.24) is 4.31 Å². The number of amides is 2. The zero-order chi connectivity index (χ0) is 21.5. The topological polar surface area (TPSA) is 95.9 Å². The van der Waals surface area contributed by atoms with Crippen molar-refractivity contribution in [2.24, 2.45) is 0 Å². The summed E-state index contributed by atoms with van der Waals surface area (Å²) in [6.07, 6.45) is -0.630. The molecule has 2 N–H and O–H groups in total. The Labute approximate surface area is 176 Å². The molecule has 7 nitrogen and oxygen atoms in total. The summed E-state index contributed by atoms with van der Waals surface area (Å²) in [5, 5.41) is 13.8. The van der Waals surface area contributed by atoms with Gasteiger partial charge in [0.2, 0.25) is 0 Å². The summed E-state index contributed by atoms with van der Waals surface area (Å²) in [5.74, 6) is -0.643. The van der Waals surface area contributed by atoms with Crippen molar-refractivity contribution in [2.75, 3.05) is 11.9 Å². The summed E-state index contributed by atoms with van der Waals surface area (Å²) < 4.78 is 19.2. The van der Waals surface area contributed by atoms with E-state index in [-0.39, 0.29) is 24.2 Å². The number of ether oxygens (including phenoxy) is 1. The zero-order valence-corrected chi connectivity index (χ0v) is 19.4. The zero-order valence-electron chi connectivity index (χ0n) is 17.0. The predicted molar refractivity (Wildman–Crippen MR) is 112 cm³/mol. The SMILES string of the molecule is CC(C)(C)OC(=O)Nc1cc(Br)ccc1C1(O)CCN([S@@](=O)C(C)(C)C)C1=O. The first-order valence-electron chi connectivity index (χ1n) is 8.91. The summed E-state index contributed by atoms with van der Waals surface area (Å²) in [6, 6.07) is 4.83. The van der Waals surface area contributed by atoms with Crippen molar-refractivity contribution in [3.8, 4) is 0 Å². The van der Waals surface area contributed by atoms with Gasteiger partial charge in [-0.3, -0.25) is 14.4 Å². The second-order valence-corrected chi connectivity index (χ2v) is 11.8. The van der Waals surface area contributed by atoms with Crippen molar-refractivity contribution >= 4 is 44.6 Å². The third-order valence-corrected chi connectivity index (χ3v) is 6.33. The summed E-state index contributed by atoms with van der Waals surface area (Å²) in [7, 11) is -1.60. The van der Waals surface area contributed by atoms with Crippen molar-refractivity contribution in [3.63, 3.8) is 0 Å². The van der Waals surface area contributed by atoms with Gasteiger partial charge in [-0.05, 0) is 53.7 Å². The van der Waals surface area contributed by atoms with Crippen LogP contribution in [-0.2, 0) is 26.1 Å². The van der Waals surface area contributed by atoms with Gasteiger partial charge < -0.3 is 9.84 Å². The van der Waals surface area contributed by atoms with Gasteiger partial charge in [-0.15, -0.1) is 0 Å². The number of hydrogen-bond acceptors (Lipinski definition) is 5. The van der Waals surface area contributed by atoms with E-state index in [4.69, 9.17) is 4.74 Å². The van der Waals surface area contributed by atoms with Gasteiger partial charge in [0.1, 0.15) is 16.6 Å². The van der Waals surface area contributed by atoms with Crippen LogP contribution < -0.4 is 5.32 Å². The fourth-order valence-corrected chi connectivity index (χ4v) is 4.39. The molecule has 1 aliphatic heterocycles. The minimum absolute atomic E-state index is 0.0677. The summed E-state index contributed by atoms with van der Waals surface area (Å²) in [6.45, 7) is 10.7. The predicted octanol–water partition coefficient (Wildman–Crippen LogP) is 3.68. The normalized spacial score (nSPS) is 21.6. The number of nitrogens with zero attached hydrogens (tertiary/aromatic N) is 1. The first-order valence-corrected chi connectivity index (χ1v) is 10.8. The Bertz CT molecular complexity index is 816. The van der Waals surface area contributed by atoms with E-state index in [9.17, 15) is 18.9 Å². The van der Waals surface area contributed by atoms with Gasteiger partial charge in [-0.2, -0.15) is 0 Å². The molecule has 1 aromatic rings. The Kier molecular flexibility index (Phi) is 6.33. The lowest BCUT2D eigenvalue weighted by Crippen LogP contribution is -2.43. The molecule has 1 unspecified atom stereocenters. The summed E-state index contributed by atoms with van der Waals surface area (Å²) >= 11 is 3.33. The van der Waals surface area contributed by atoms with Crippen molar-refractivity contribution in [1.29, 1.82) is 0 Å². The Balaban J connectivity index is 2.38. The molecule has 9 heteroatoms. The summed E-state index contributed by atoms with van der Waals surface area (Å²) in [4.78, 5) is 25.2. The third kappa shape index (κ3) is 4.93. The number of nitrogens with one attached hydrogen (secondary N) is 1. The van der Waals surface area contributed by atoms with E-state index in [1.807, 2.05) is 0 Å². The minimum atomic E-state index is -1.88. The minimum Gasteiger partial charge on any atom is -0.444 e. The molecule has 1 aliphatic rings. The molecular formula is C19H27BrN2O5S. The number of hydrogen-bond donors (Lipinski definition) is 2. The number of benzene rings is 1. The standard InChI is InChI=1S/C19H27BrN2O5S/c1-17(2,3)27-16(24)21-14-11-12(20)7-8-13(14)19(25)9-10-22(15(19)23)28(26)18(4,5)6/h7-8,11,25H,9-10H2,1-6H3,(H,21,24)/t19?,28-/m0/s1. The Morgan fingerprint density at radius 1 is 1.29 bits per heavy atom. The molecule has 1 fully saturated rings. The molecule has 0 bridgehead atoms. The number of rotatable bonds is 3. The second-order valence-electron chi connectivity index (χ2n) is 8.70. The number of anilines is 1. The first kappa shape index (κ1) is 22.8. The van der Waals surface area contributed by atoms with Crippen molar-refractivity contribution in [2.45, 2.75) is 63.9 Å². The highest BCUT2D eigenvalue weighted by Gasteiger charge is 2.51. The molecule has 1 aromatic carbocycles. The highest BCUT2D eigenvalue weighted by atomic mass is 79.9. The fourth-order valence-electron chi connectivity index (χ4n) is 2.81. The second kappa shape index (κ2) is 7.76. The smallest absolute Gasteiger partial charge is 0.412 e. The average Bonchev–Trinajstić information content (AvgIpc) is 2.80. The Morgan fingerprint density at radius 2 is 1.89 bits per heavy atom. The van der Waals surface area contributed by atoms with E-state index >= 15 is 0 Å². The first-order chi connectivity index (χ1) is 12.6. The summed E-state index contributed by atoms with van der Waals surface area (Å²) in [5.41, 5.74) is -2.09. The van der Waals surface area contributed by atoms with Crippen LogP contribution in [0.5, 0.6) is 0 Å². The average molecular weight is 475 g/mol. The van der Waals surface area contributed by atoms with E-state index in [0.717, 1.165) is 0 Å². The molecule has 2 atom stereocenters.